The molecule has 1 saturated heterocycles. The number of hydrogen-bond acceptors (Lipinski definition) is 0. The summed E-state index contributed by atoms with van der Waals surface area (Å²) in [7, 11) is 0.220. The van der Waals surface area contributed by atoms with Crippen molar-refractivity contribution in [3.63, 3.8) is 0 Å². The number of fused-ring (bicyclic) bond motifs is 1. The van der Waals surface area contributed by atoms with Crippen LogP contribution in [0, 0.1) is 11.8 Å². The molecule has 0 bridgehead atoms. The third-order valence-electron chi connectivity index (χ3n) is 9.92. The van der Waals surface area contributed by atoms with Crippen LogP contribution in [0.2, 0.25) is 0 Å². The van der Waals surface area contributed by atoms with Gasteiger partial charge in [0.15, 0.2) is 0 Å². The molecule has 0 aromatic heterocycles. The Labute approximate surface area is 236 Å². The van der Waals surface area contributed by atoms with Crippen molar-refractivity contribution in [3.8, 4) is 0 Å². The lowest BCUT2D eigenvalue weighted by Gasteiger charge is -2.63. The summed E-state index contributed by atoms with van der Waals surface area (Å²) >= 11 is 0. The first-order valence-corrected chi connectivity index (χ1v) is 19.9. The zero-order valence-corrected chi connectivity index (χ0v) is 26.3. The molecule has 0 radical (unpaired) electrons. The average molecular weight is 547 g/mol. The van der Waals surface area contributed by atoms with Crippen molar-refractivity contribution in [1.29, 1.82) is 0 Å². The zero-order chi connectivity index (χ0) is 26.4. The van der Waals surface area contributed by atoms with Crippen molar-refractivity contribution in [2.24, 2.45) is 11.8 Å². The molecule has 2 heteroatoms. The first-order valence-electron chi connectivity index (χ1n) is 16.2. The second kappa shape index (κ2) is 13.6. The predicted molar refractivity (Wildman–Crippen MR) is 174 cm³/mol. The van der Waals surface area contributed by atoms with Crippen LogP contribution in [0.1, 0.15) is 116 Å². The molecule has 3 aliphatic rings. The third kappa shape index (κ3) is 5.36. The predicted octanol–water partition coefficient (Wildman–Crippen LogP) is 12.4. The number of rotatable bonds is 15. The van der Waals surface area contributed by atoms with Gasteiger partial charge in [-0.1, -0.05) is 154 Å². The fourth-order valence-electron chi connectivity index (χ4n) is 8.17. The summed E-state index contributed by atoms with van der Waals surface area (Å²) in [6.45, 7) is 7.13. The summed E-state index contributed by atoms with van der Waals surface area (Å²) in [6, 6.07) is 16.4. The van der Waals surface area contributed by atoms with E-state index in [1.54, 1.807) is 11.7 Å². The van der Waals surface area contributed by atoms with Gasteiger partial charge in [-0.05, 0) is 77.4 Å². The third-order valence-corrected chi connectivity index (χ3v) is 19.6. The van der Waals surface area contributed by atoms with Gasteiger partial charge in [-0.25, -0.2) is 0 Å². The monoisotopic (exact) mass is 546 g/mol. The summed E-state index contributed by atoms with van der Waals surface area (Å²) in [5, 5.41) is 5.47. The topological polar surface area (TPSA) is 0 Å². The molecule has 1 aliphatic heterocycles. The maximum absolute atomic E-state index is 2.68. The highest BCUT2D eigenvalue weighted by molar-refractivity contribution is 8.36. The van der Waals surface area contributed by atoms with E-state index in [0.29, 0.717) is 11.1 Å². The Hall–Kier alpha value is -0.960. The minimum atomic E-state index is 0.110. The molecule has 0 amide bonds. The van der Waals surface area contributed by atoms with Gasteiger partial charge in [0.1, 0.15) is 0 Å². The summed E-state index contributed by atoms with van der Waals surface area (Å²) < 4.78 is 0. The van der Waals surface area contributed by atoms with E-state index >= 15 is 0 Å². The molecule has 2 aromatic rings. The Kier molecular flexibility index (Phi) is 10.2. The number of benzene rings is 2. The van der Waals surface area contributed by atoms with Crippen LogP contribution in [0.15, 0.2) is 66.0 Å². The minimum absolute atomic E-state index is 0.110. The van der Waals surface area contributed by atoms with Crippen molar-refractivity contribution < 1.29 is 0 Å². The van der Waals surface area contributed by atoms with Crippen LogP contribution < -0.4 is 0 Å². The molecule has 1 saturated carbocycles. The molecule has 1 spiro atoms. The van der Waals surface area contributed by atoms with E-state index in [-0.39, 0.29) is 15.2 Å². The molecule has 0 N–H and O–H groups in total. The first kappa shape index (κ1) is 28.6. The smallest absolute Gasteiger partial charge is 0.0301 e. The quantitative estimate of drug-likeness (QED) is 0.154. The summed E-state index contributed by atoms with van der Waals surface area (Å²) in [5.41, 5.74) is 1.66. The maximum Gasteiger partial charge on any atom is 0.0301 e. The summed E-state index contributed by atoms with van der Waals surface area (Å²) in [6.07, 6.45) is 29.4. The second-order valence-corrected chi connectivity index (χ2v) is 18.9. The van der Waals surface area contributed by atoms with Crippen LogP contribution in [0.25, 0.3) is 10.8 Å². The molecule has 2 aliphatic carbocycles. The molecular weight excluding hydrogens is 494 g/mol. The highest BCUT2D eigenvalue weighted by atomic mass is 32.1. The van der Waals surface area contributed by atoms with Crippen LogP contribution >= 0.6 is 15.2 Å². The molecule has 206 valence electrons. The average Bonchev–Trinajstić information content (AvgIpc) is 3.29. The van der Waals surface area contributed by atoms with Crippen molar-refractivity contribution in [1.82, 2.24) is 0 Å². The Bertz CT molecular complexity index is 1090. The zero-order valence-electron chi connectivity index (χ0n) is 24.5. The van der Waals surface area contributed by atoms with Crippen LogP contribution in [0.5, 0.6) is 0 Å². The van der Waals surface area contributed by atoms with Gasteiger partial charge in [0, 0.05) is 5.16 Å². The van der Waals surface area contributed by atoms with Gasteiger partial charge < -0.3 is 0 Å². The Morgan fingerprint density at radius 2 is 1.47 bits per heavy atom. The first-order chi connectivity index (χ1) is 18.8. The van der Waals surface area contributed by atoms with Crippen molar-refractivity contribution in [2.75, 3.05) is 12.3 Å². The van der Waals surface area contributed by atoms with E-state index in [1.807, 2.05) is 5.31 Å². The van der Waals surface area contributed by atoms with Gasteiger partial charge in [-0.3, -0.25) is 0 Å². The van der Waals surface area contributed by atoms with E-state index < -0.39 is 0 Å². The molecule has 5 rings (SSSR count). The van der Waals surface area contributed by atoms with Gasteiger partial charge in [0.2, 0.25) is 0 Å². The van der Waals surface area contributed by atoms with E-state index in [4.69, 9.17) is 0 Å². The van der Waals surface area contributed by atoms with Crippen LogP contribution in [0.3, 0.4) is 0 Å². The summed E-state index contributed by atoms with van der Waals surface area (Å²) in [5.74, 6) is 2.33. The lowest BCUT2D eigenvalue weighted by atomic mass is 9.77. The largest absolute Gasteiger partial charge is 0.0801 e. The van der Waals surface area contributed by atoms with Gasteiger partial charge in [-0.2, -0.15) is 0 Å². The van der Waals surface area contributed by atoms with E-state index in [9.17, 15) is 0 Å². The van der Waals surface area contributed by atoms with Gasteiger partial charge in [-0.15, -0.1) is 0 Å². The SMILES string of the molecule is CCCCCCCCP1C2=CC=CC3CC(c4cccc5ccccc45)C(CCCC)C23P1CCCCC. The van der Waals surface area contributed by atoms with Crippen molar-refractivity contribution in [3.05, 3.63) is 71.6 Å². The molecule has 1 heterocycles. The molecule has 6 atom stereocenters. The van der Waals surface area contributed by atoms with Gasteiger partial charge in [0.25, 0.3) is 0 Å². The number of unbranched alkanes of at least 4 members (excludes halogenated alkanes) is 8. The molecular formula is C36H52P2. The van der Waals surface area contributed by atoms with E-state index in [0.717, 1.165) is 11.8 Å². The molecule has 2 aromatic carbocycles. The fourth-order valence-corrected chi connectivity index (χ4v) is 19.8. The Balaban J connectivity index is 1.47. The van der Waals surface area contributed by atoms with Crippen LogP contribution in [-0.4, -0.2) is 17.5 Å². The van der Waals surface area contributed by atoms with E-state index in [1.165, 1.54) is 100 Å². The minimum Gasteiger partial charge on any atom is -0.0801 e. The second-order valence-electron chi connectivity index (χ2n) is 12.2. The standard InChI is InChI=1S/C36H52P2/c1-4-7-10-11-12-16-26-37-35-25-18-21-30-28-33(32-23-17-20-29-19-13-14-22-31(29)32)34(24-9-6-3)36(30,35)38(37)27-15-8-5-2/h13-14,17-23,25,30,33-34H,4-12,15-16,24,26-28H2,1-3H3. The van der Waals surface area contributed by atoms with Crippen LogP contribution in [-0.2, 0) is 0 Å². The van der Waals surface area contributed by atoms with Crippen molar-refractivity contribution in [2.45, 2.75) is 115 Å². The Morgan fingerprint density at radius 1 is 0.763 bits per heavy atom. The normalized spacial score (nSPS) is 29.7. The fraction of sp³-hybridized carbons (Fsp3) is 0.611. The molecule has 0 nitrogen and oxygen atoms in total. The highest BCUT2D eigenvalue weighted by Gasteiger charge is 2.68. The van der Waals surface area contributed by atoms with Gasteiger partial charge in [0.05, 0.1) is 0 Å². The maximum atomic E-state index is 2.68. The molecule has 2 fully saturated rings. The number of hydrogen-bond donors (Lipinski definition) is 0. The lowest BCUT2D eigenvalue weighted by Crippen LogP contribution is -2.47. The molecule has 6 unspecified atom stereocenters. The lowest BCUT2D eigenvalue weighted by molar-refractivity contribution is 0.378. The number of allylic oxidation sites excluding steroid dienone is 4. The van der Waals surface area contributed by atoms with Gasteiger partial charge >= 0.3 is 0 Å². The van der Waals surface area contributed by atoms with E-state index in [2.05, 4.69) is 81.5 Å². The Morgan fingerprint density at radius 3 is 2.32 bits per heavy atom. The summed E-state index contributed by atoms with van der Waals surface area (Å²) in [4.78, 5) is 0. The molecule has 38 heavy (non-hydrogen) atoms. The highest BCUT2D eigenvalue weighted by Crippen LogP contribution is 2.98. The van der Waals surface area contributed by atoms with Crippen LogP contribution in [0.4, 0.5) is 0 Å². The van der Waals surface area contributed by atoms with Crippen molar-refractivity contribution >= 4 is 26.0 Å².